The Morgan fingerprint density at radius 2 is 1.86 bits per heavy atom. The van der Waals surface area contributed by atoms with E-state index in [0.29, 0.717) is 12.1 Å². The molecule has 4 heteroatoms. The van der Waals surface area contributed by atoms with E-state index < -0.39 is 0 Å². The second-order valence-electron chi connectivity index (χ2n) is 4.31. The topological polar surface area (TPSA) is 41.6 Å². The van der Waals surface area contributed by atoms with Gasteiger partial charge in [0.1, 0.15) is 0 Å². The Bertz CT molecular complexity index is 196. The highest BCUT2D eigenvalue weighted by atomic mass is 16.6. The monoisotopic (exact) mass is 200 g/mol. The van der Waals surface area contributed by atoms with E-state index >= 15 is 0 Å². The summed E-state index contributed by atoms with van der Waals surface area (Å²) in [5.74, 6) is 0. The van der Waals surface area contributed by atoms with E-state index in [1.165, 1.54) is 0 Å². The number of nitrogens with zero attached hydrogens (tertiary/aromatic N) is 1. The summed E-state index contributed by atoms with van der Waals surface area (Å²) in [4.78, 5) is 13.3. The first-order valence-corrected chi connectivity index (χ1v) is 5.20. The zero-order valence-electron chi connectivity index (χ0n) is 9.41. The minimum atomic E-state index is -0.194. The fourth-order valence-corrected chi connectivity index (χ4v) is 1.75. The van der Waals surface area contributed by atoms with E-state index in [4.69, 9.17) is 4.74 Å². The highest BCUT2D eigenvalue weighted by molar-refractivity contribution is 5.68. The lowest BCUT2D eigenvalue weighted by atomic mass is 10.2. The van der Waals surface area contributed by atoms with E-state index in [9.17, 15) is 4.79 Å². The molecule has 1 amide bonds. The fourth-order valence-electron chi connectivity index (χ4n) is 1.75. The first-order chi connectivity index (χ1) is 6.49. The van der Waals surface area contributed by atoms with Gasteiger partial charge in [0.05, 0.1) is 6.10 Å². The third kappa shape index (κ3) is 3.18. The molecule has 0 aromatic carbocycles. The Labute approximate surface area is 85.6 Å². The highest BCUT2D eigenvalue weighted by Gasteiger charge is 2.25. The molecule has 82 valence electrons. The molecule has 14 heavy (non-hydrogen) atoms. The number of rotatable bonds is 1. The Hall–Kier alpha value is -0.770. The largest absolute Gasteiger partial charge is 0.447 e. The summed E-state index contributed by atoms with van der Waals surface area (Å²) in [5, 5.41) is 3.37. The number of amides is 1. The van der Waals surface area contributed by atoms with E-state index in [0.717, 1.165) is 13.1 Å². The smallest absolute Gasteiger partial charge is 0.410 e. The molecule has 0 bridgehead atoms. The van der Waals surface area contributed by atoms with Crippen LogP contribution in [0.4, 0.5) is 4.79 Å². The van der Waals surface area contributed by atoms with Gasteiger partial charge in [-0.1, -0.05) is 0 Å². The van der Waals surface area contributed by atoms with E-state index in [-0.39, 0.29) is 12.2 Å². The average Bonchev–Trinajstić information content (AvgIpc) is 2.00. The fraction of sp³-hybridized carbons (Fsp3) is 0.900. The predicted molar refractivity (Wildman–Crippen MR) is 55.2 cm³/mol. The molecule has 2 atom stereocenters. The average molecular weight is 200 g/mol. The molecule has 1 fully saturated rings. The van der Waals surface area contributed by atoms with Crippen molar-refractivity contribution in [3.05, 3.63) is 0 Å². The highest BCUT2D eigenvalue weighted by Crippen LogP contribution is 2.06. The van der Waals surface area contributed by atoms with Crippen LogP contribution in [0.2, 0.25) is 0 Å². The number of nitrogens with one attached hydrogen (secondary N) is 1. The van der Waals surface area contributed by atoms with Gasteiger partial charge in [0.2, 0.25) is 0 Å². The van der Waals surface area contributed by atoms with Gasteiger partial charge < -0.3 is 15.0 Å². The van der Waals surface area contributed by atoms with Crippen molar-refractivity contribution in [3.8, 4) is 0 Å². The Morgan fingerprint density at radius 3 is 2.29 bits per heavy atom. The van der Waals surface area contributed by atoms with Crippen LogP contribution in [0.3, 0.4) is 0 Å². The van der Waals surface area contributed by atoms with E-state index in [1.807, 2.05) is 13.8 Å². The van der Waals surface area contributed by atoms with Gasteiger partial charge in [0.25, 0.3) is 0 Å². The zero-order chi connectivity index (χ0) is 10.7. The van der Waals surface area contributed by atoms with E-state index in [2.05, 4.69) is 19.2 Å². The number of hydrogen-bond acceptors (Lipinski definition) is 3. The van der Waals surface area contributed by atoms with Crippen LogP contribution in [0.25, 0.3) is 0 Å². The van der Waals surface area contributed by atoms with Crippen LogP contribution in [-0.4, -0.2) is 42.3 Å². The minimum absolute atomic E-state index is 0.0389. The summed E-state index contributed by atoms with van der Waals surface area (Å²) in [6.45, 7) is 9.35. The molecule has 0 radical (unpaired) electrons. The molecular weight excluding hydrogens is 180 g/mol. The number of carbonyl (C=O) groups is 1. The van der Waals surface area contributed by atoms with Crippen molar-refractivity contribution in [2.24, 2.45) is 0 Å². The van der Waals surface area contributed by atoms with Crippen molar-refractivity contribution in [1.29, 1.82) is 0 Å². The summed E-state index contributed by atoms with van der Waals surface area (Å²) >= 11 is 0. The lowest BCUT2D eigenvalue weighted by Crippen LogP contribution is -2.56. The molecule has 1 aliphatic heterocycles. The summed E-state index contributed by atoms with van der Waals surface area (Å²) < 4.78 is 5.15. The summed E-state index contributed by atoms with van der Waals surface area (Å²) in [6, 6.07) is 0.692. The third-order valence-corrected chi connectivity index (χ3v) is 2.15. The molecule has 0 aliphatic carbocycles. The molecule has 0 aromatic heterocycles. The number of ether oxygens (including phenoxy) is 1. The van der Waals surface area contributed by atoms with Crippen molar-refractivity contribution < 1.29 is 9.53 Å². The van der Waals surface area contributed by atoms with Crippen molar-refractivity contribution in [3.63, 3.8) is 0 Å². The van der Waals surface area contributed by atoms with Gasteiger partial charge in [-0.15, -0.1) is 0 Å². The molecule has 0 spiro atoms. The van der Waals surface area contributed by atoms with Gasteiger partial charge in [-0.2, -0.15) is 0 Å². The van der Waals surface area contributed by atoms with Gasteiger partial charge in [0, 0.05) is 25.2 Å². The molecule has 1 rings (SSSR count). The van der Waals surface area contributed by atoms with Gasteiger partial charge in [-0.25, -0.2) is 4.79 Å². The zero-order valence-corrected chi connectivity index (χ0v) is 9.41. The maximum Gasteiger partial charge on any atom is 0.410 e. The standard InChI is InChI=1S/C10H20N2O2/c1-7(2)14-10(13)12-5-8(3)11-9(4)6-12/h7-9,11H,5-6H2,1-4H3. The molecule has 1 saturated heterocycles. The van der Waals surface area contributed by atoms with Crippen LogP contribution >= 0.6 is 0 Å². The second-order valence-corrected chi connectivity index (χ2v) is 4.31. The van der Waals surface area contributed by atoms with Gasteiger partial charge in [-0.3, -0.25) is 0 Å². The van der Waals surface area contributed by atoms with Crippen LogP contribution in [0.5, 0.6) is 0 Å². The van der Waals surface area contributed by atoms with Crippen molar-refractivity contribution in [2.75, 3.05) is 13.1 Å². The quantitative estimate of drug-likeness (QED) is 0.692. The van der Waals surface area contributed by atoms with Crippen LogP contribution in [0.15, 0.2) is 0 Å². The lowest BCUT2D eigenvalue weighted by molar-refractivity contribution is 0.0627. The van der Waals surface area contributed by atoms with Crippen molar-refractivity contribution in [1.82, 2.24) is 10.2 Å². The van der Waals surface area contributed by atoms with Gasteiger partial charge >= 0.3 is 6.09 Å². The second kappa shape index (κ2) is 4.64. The molecule has 1 aliphatic rings. The van der Waals surface area contributed by atoms with Crippen molar-refractivity contribution in [2.45, 2.75) is 45.9 Å². The Kier molecular flexibility index (Phi) is 3.75. The normalized spacial score (nSPS) is 27.9. The summed E-state index contributed by atoms with van der Waals surface area (Å²) in [6.07, 6.45) is -0.233. The molecule has 4 nitrogen and oxygen atoms in total. The van der Waals surface area contributed by atoms with Crippen LogP contribution in [0.1, 0.15) is 27.7 Å². The maximum atomic E-state index is 11.6. The molecule has 2 unspecified atom stereocenters. The predicted octanol–water partition coefficient (Wildman–Crippen LogP) is 1.21. The first-order valence-electron chi connectivity index (χ1n) is 5.20. The maximum absolute atomic E-state index is 11.6. The minimum Gasteiger partial charge on any atom is -0.447 e. The Balaban J connectivity index is 2.46. The molecule has 0 aromatic rings. The SMILES string of the molecule is CC1CN(C(=O)OC(C)C)CC(C)N1. The van der Waals surface area contributed by atoms with Gasteiger partial charge in [0.15, 0.2) is 0 Å². The van der Waals surface area contributed by atoms with Gasteiger partial charge in [-0.05, 0) is 27.7 Å². The number of piperazine rings is 1. The lowest BCUT2D eigenvalue weighted by Gasteiger charge is -2.35. The van der Waals surface area contributed by atoms with E-state index in [1.54, 1.807) is 4.90 Å². The third-order valence-electron chi connectivity index (χ3n) is 2.15. The van der Waals surface area contributed by atoms with Crippen molar-refractivity contribution >= 4 is 6.09 Å². The molecule has 1 heterocycles. The molecule has 0 saturated carbocycles. The molecular formula is C10H20N2O2. The van der Waals surface area contributed by atoms with Crippen LogP contribution in [-0.2, 0) is 4.74 Å². The van der Waals surface area contributed by atoms with Crippen LogP contribution < -0.4 is 5.32 Å². The number of hydrogen-bond donors (Lipinski definition) is 1. The number of carbonyl (C=O) groups excluding carboxylic acids is 1. The summed E-state index contributed by atoms with van der Waals surface area (Å²) in [5.41, 5.74) is 0. The molecule has 1 N–H and O–H groups in total. The Morgan fingerprint density at radius 1 is 1.36 bits per heavy atom. The first kappa shape index (κ1) is 11.3. The summed E-state index contributed by atoms with van der Waals surface area (Å²) in [7, 11) is 0. The van der Waals surface area contributed by atoms with Crippen LogP contribution in [0, 0.1) is 0 Å².